The zero-order valence-electron chi connectivity index (χ0n) is 14.0. The van der Waals surface area contributed by atoms with Crippen LogP contribution in [0.25, 0.3) is 20.7 Å². The third-order valence-electron chi connectivity index (χ3n) is 3.93. The van der Waals surface area contributed by atoms with Gasteiger partial charge in [0.15, 0.2) is 0 Å². The molecule has 0 spiro atoms. The highest BCUT2D eigenvalue weighted by Crippen LogP contribution is 2.37. The van der Waals surface area contributed by atoms with E-state index in [1.807, 2.05) is 24.4 Å². The number of ether oxygens (including phenoxy) is 1. The minimum Gasteiger partial charge on any atom is -0.464 e. The molecule has 0 aromatic carbocycles. The molecular weight excluding hydrogens is 344 g/mol. The van der Waals surface area contributed by atoms with E-state index in [-0.39, 0.29) is 12.2 Å². The molecule has 0 aliphatic rings. The number of hydrogen-bond donors (Lipinski definition) is 0. The Labute approximate surface area is 147 Å². The first-order valence-electron chi connectivity index (χ1n) is 7.60. The molecule has 24 heavy (non-hydrogen) atoms. The van der Waals surface area contributed by atoms with Crippen molar-refractivity contribution in [2.75, 3.05) is 6.61 Å². The van der Waals surface area contributed by atoms with Crippen LogP contribution < -0.4 is 5.56 Å². The van der Waals surface area contributed by atoms with Crippen LogP contribution in [0.4, 0.5) is 0 Å². The van der Waals surface area contributed by atoms with Crippen molar-refractivity contribution in [1.29, 1.82) is 0 Å². The molecule has 3 aromatic heterocycles. The first-order valence-corrected chi connectivity index (χ1v) is 9.29. The maximum absolute atomic E-state index is 13.1. The van der Waals surface area contributed by atoms with Gasteiger partial charge < -0.3 is 4.74 Å². The summed E-state index contributed by atoms with van der Waals surface area (Å²) < 4.78 is 6.49. The zero-order valence-corrected chi connectivity index (χ0v) is 15.6. The van der Waals surface area contributed by atoms with Crippen molar-refractivity contribution in [3.63, 3.8) is 0 Å². The number of esters is 1. The lowest BCUT2D eigenvalue weighted by atomic mass is 10.1. The summed E-state index contributed by atoms with van der Waals surface area (Å²) in [5.41, 5.74) is -0.418. The number of nitrogens with zero attached hydrogens (tertiary/aromatic N) is 2. The predicted octanol–water partition coefficient (Wildman–Crippen LogP) is 3.79. The van der Waals surface area contributed by atoms with E-state index in [1.54, 1.807) is 32.1 Å². The number of rotatable bonds is 4. The Morgan fingerprint density at radius 1 is 1.42 bits per heavy atom. The summed E-state index contributed by atoms with van der Waals surface area (Å²) in [7, 11) is 0. The lowest BCUT2D eigenvalue weighted by Gasteiger charge is -2.24. The largest absolute Gasteiger partial charge is 0.464 e. The molecule has 0 aliphatic carbocycles. The molecule has 3 rings (SSSR count). The lowest BCUT2D eigenvalue weighted by Crippen LogP contribution is -2.43. The third kappa shape index (κ3) is 2.57. The molecule has 0 aliphatic heterocycles. The number of aromatic nitrogens is 2. The van der Waals surface area contributed by atoms with E-state index >= 15 is 0 Å². The smallest absolute Gasteiger partial charge is 0.331 e. The van der Waals surface area contributed by atoms with Crippen LogP contribution in [0.2, 0.25) is 0 Å². The Morgan fingerprint density at radius 3 is 2.79 bits per heavy atom. The second-order valence-corrected chi connectivity index (χ2v) is 8.04. The first kappa shape index (κ1) is 16.9. The Hall–Kier alpha value is -1.99. The maximum Gasteiger partial charge on any atom is 0.331 e. The molecule has 0 saturated heterocycles. The van der Waals surface area contributed by atoms with Gasteiger partial charge in [-0.15, -0.1) is 22.7 Å². The molecule has 0 bridgehead atoms. The second kappa shape index (κ2) is 6.14. The van der Waals surface area contributed by atoms with Crippen molar-refractivity contribution < 1.29 is 9.53 Å². The van der Waals surface area contributed by atoms with Gasteiger partial charge in [-0.3, -0.25) is 9.36 Å². The molecule has 0 N–H and O–H groups in total. The summed E-state index contributed by atoms with van der Waals surface area (Å²) in [6.07, 6.45) is 1.44. The van der Waals surface area contributed by atoms with Crippen molar-refractivity contribution in [2.45, 2.75) is 33.2 Å². The number of carbonyl (C=O) groups excluding carboxylic acids is 1. The van der Waals surface area contributed by atoms with E-state index in [0.29, 0.717) is 10.2 Å². The molecule has 0 fully saturated rings. The quantitative estimate of drug-likeness (QED) is 0.663. The second-order valence-electron chi connectivity index (χ2n) is 5.89. The van der Waals surface area contributed by atoms with Crippen LogP contribution in [0.1, 0.15) is 25.6 Å². The van der Waals surface area contributed by atoms with Gasteiger partial charge in [-0.25, -0.2) is 9.78 Å². The van der Waals surface area contributed by atoms with Gasteiger partial charge in [0.1, 0.15) is 16.7 Å². The molecule has 0 amide bonds. The van der Waals surface area contributed by atoms with E-state index in [4.69, 9.17) is 4.74 Å². The summed E-state index contributed by atoms with van der Waals surface area (Å²) in [6.45, 7) is 7.34. The van der Waals surface area contributed by atoms with Crippen LogP contribution in [-0.4, -0.2) is 22.1 Å². The van der Waals surface area contributed by atoms with Crippen LogP contribution in [0.15, 0.2) is 28.6 Å². The molecule has 3 heterocycles. The third-order valence-corrected chi connectivity index (χ3v) is 5.83. The van der Waals surface area contributed by atoms with Gasteiger partial charge in [0, 0.05) is 15.3 Å². The van der Waals surface area contributed by atoms with Crippen molar-refractivity contribution >= 4 is 38.9 Å². The Kier molecular flexibility index (Phi) is 4.31. The summed E-state index contributed by atoms with van der Waals surface area (Å²) in [5, 5.41) is 2.55. The SMILES string of the molecule is CCOC(=O)C(C)(C)n1cnc2sc(C)c(-c3cccs3)c2c1=O. The van der Waals surface area contributed by atoms with Gasteiger partial charge >= 0.3 is 5.97 Å². The van der Waals surface area contributed by atoms with Gasteiger partial charge in [-0.05, 0) is 39.1 Å². The van der Waals surface area contributed by atoms with Crippen LogP contribution in [-0.2, 0) is 15.1 Å². The van der Waals surface area contributed by atoms with E-state index in [9.17, 15) is 9.59 Å². The fourth-order valence-corrected chi connectivity index (χ4v) is 4.52. The molecule has 3 aromatic rings. The van der Waals surface area contributed by atoms with E-state index in [1.165, 1.54) is 22.2 Å². The highest BCUT2D eigenvalue weighted by Gasteiger charge is 2.33. The molecular formula is C17H18N2O3S2. The minimum atomic E-state index is -1.11. The number of fused-ring (bicyclic) bond motifs is 1. The van der Waals surface area contributed by atoms with Crippen molar-refractivity contribution in [3.8, 4) is 10.4 Å². The highest BCUT2D eigenvalue weighted by atomic mass is 32.1. The fourth-order valence-electron chi connectivity index (χ4n) is 2.62. The van der Waals surface area contributed by atoms with Crippen LogP contribution in [0.5, 0.6) is 0 Å². The van der Waals surface area contributed by atoms with E-state index < -0.39 is 11.5 Å². The molecule has 7 heteroatoms. The van der Waals surface area contributed by atoms with Gasteiger partial charge in [0.25, 0.3) is 5.56 Å². The van der Waals surface area contributed by atoms with Gasteiger partial charge in [0.05, 0.1) is 12.0 Å². The lowest BCUT2D eigenvalue weighted by molar-refractivity contribution is -0.152. The number of thiophene rings is 2. The average molecular weight is 362 g/mol. The molecule has 5 nitrogen and oxygen atoms in total. The molecule has 0 radical (unpaired) electrons. The van der Waals surface area contributed by atoms with Crippen molar-refractivity contribution in [1.82, 2.24) is 9.55 Å². The summed E-state index contributed by atoms with van der Waals surface area (Å²) in [4.78, 5) is 32.6. The molecule has 126 valence electrons. The summed E-state index contributed by atoms with van der Waals surface area (Å²) >= 11 is 3.08. The standard InChI is InChI=1S/C17H18N2O3S2/c1-5-22-16(21)17(3,4)19-9-18-14-13(15(19)20)12(10(2)24-14)11-7-6-8-23-11/h6-9H,5H2,1-4H3. The minimum absolute atomic E-state index is 0.217. The normalized spacial score (nSPS) is 11.8. The van der Waals surface area contributed by atoms with Gasteiger partial charge in [-0.2, -0.15) is 0 Å². The Balaban J connectivity index is 2.27. The first-order chi connectivity index (χ1) is 11.4. The zero-order chi connectivity index (χ0) is 17.5. The Morgan fingerprint density at radius 2 is 2.17 bits per heavy atom. The number of hydrogen-bond acceptors (Lipinski definition) is 6. The molecule has 0 saturated carbocycles. The fraction of sp³-hybridized carbons (Fsp3) is 0.353. The average Bonchev–Trinajstić information content (AvgIpc) is 3.14. The summed E-state index contributed by atoms with van der Waals surface area (Å²) in [6, 6.07) is 3.95. The van der Waals surface area contributed by atoms with Gasteiger partial charge in [0.2, 0.25) is 0 Å². The highest BCUT2D eigenvalue weighted by molar-refractivity contribution is 7.20. The van der Waals surface area contributed by atoms with Gasteiger partial charge in [-0.1, -0.05) is 6.07 Å². The number of carbonyl (C=O) groups is 1. The molecule has 0 atom stereocenters. The van der Waals surface area contributed by atoms with Crippen molar-refractivity contribution in [2.24, 2.45) is 0 Å². The monoisotopic (exact) mass is 362 g/mol. The topological polar surface area (TPSA) is 61.2 Å². The van der Waals surface area contributed by atoms with Crippen LogP contribution in [0.3, 0.4) is 0 Å². The summed E-state index contributed by atoms with van der Waals surface area (Å²) in [5.74, 6) is -0.446. The van der Waals surface area contributed by atoms with Crippen LogP contribution in [0, 0.1) is 6.92 Å². The Bertz CT molecular complexity index is 952. The van der Waals surface area contributed by atoms with Crippen LogP contribution >= 0.6 is 22.7 Å². The maximum atomic E-state index is 13.1. The number of aryl methyl sites for hydroxylation is 1. The predicted molar refractivity (Wildman–Crippen MR) is 97.9 cm³/mol. The van der Waals surface area contributed by atoms with E-state index in [2.05, 4.69) is 4.98 Å². The molecule has 0 unspecified atom stereocenters. The van der Waals surface area contributed by atoms with Crippen molar-refractivity contribution in [3.05, 3.63) is 39.1 Å². The van der Waals surface area contributed by atoms with E-state index in [0.717, 1.165) is 15.3 Å².